The van der Waals surface area contributed by atoms with Gasteiger partial charge in [0.1, 0.15) is 0 Å². The van der Waals surface area contributed by atoms with E-state index < -0.39 is 0 Å². The fourth-order valence-corrected chi connectivity index (χ4v) is 3.93. The van der Waals surface area contributed by atoms with Crippen LogP contribution in [-0.4, -0.2) is 86.7 Å². The number of nitrogens with zero attached hydrogens (tertiary/aromatic N) is 4. The zero-order chi connectivity index (χ0) is 27.8. The number of amides is 1. The van der Waals surface area contributed by atoms with E-state index in [2.05, 4.69) is 35.8 Å². The predicted molar refractivity (Wildman–Crippen MR) is 154 cm³/mol. The molecule has 40 heavy (non-hydrogen) atoms. The number of anilines is 4. The number of carbonyl (C=O) groups excluding carboxylic acids is 1. The van der Waals surface area contributed by atoms with Crippen molar-refractivity contribution in [1.82, 2.24) is 20.3 Å². The molecule has 0 radical (unpaired) electrons. The molecule has 0 atom stereocenters. The molecule has 1 amide bonds. The highest BCUT2D eigenvalue weighted by molar-refractivity contribution is 5.78. The first-order chi connectivity index (χ1) is 19.7. The highest BCUT2D eigenvalue weighted by Gasteiger charge is 2.17. The lowest BCUT2D eigenvalue weighted by molar-refractivity contribution is -0.120. The van der Waals surface area contributed by atoms with E-state index in [0.717, 1.165) is 16.8 Å². The summed E-state index contributed by atoms with van der Waals surface area (Å²) in [5.74, 6) is 1.45. The van der Waals surface area contributed by atoms with Crippen LogP contribution in [0.15, 0.2) is 54.6 Å². The third kappa shape index (κ3) is 10.0. The number of ether oxygens (including phenoxy) is 3. The minimum Gasteiger partial charge on any atom is -0.378 e. The van der Waals surface area contributed by atoms with E-state index in [9.17, 15) is 4.79 Å². The molecule has 12 heteroatoms. The molecule has 4 rings (SSSR count). The number of hydrogen-bond acceptors (Lipinski definition) is 11. The molecule has 0 unspecified atom stereocenters. The van der Waals surface area contributed by atoms with E-state index in [1.807, 2.05) is 54.6 Å². The summed E-state index contributed by atoms with van der Waals surface area (Å²) in [5, 5.41) is 9.45. The molecule has 3 aromatic rings. The Balaban J connectivity index is 1.30. The molecule has 1 aliphatic rings. The highest BCUT2D eigenvalue weighted by Crippen LogP contribution is 2.20. The lowest BCUT2D eigenvalue weighted by Gasteiger charge is -2.27. The van der Waals surface area contributed by atoms with E-state index in [0.29, 0.717) is 90.2 Å². The average Bonchev–Trinajstić information content (AvgIpc) is 2.99. The van der Waals surface area contributed by atoms with Gasteiger partial charge in [-0.3, -0.25) is 4.79 Å². The average molecular weight is 551 g/mol. The van der Waals surface area contributed by atoms with Gasteiger partial charge in [-0.05, 0) is 23.3 Å². The third-order valence-corrected chi connectivity index (χ3v) is 5.99. The fourth-order valence-electron chi connectivity index (χ4n) is 3.93. The number of carbonyl (C=O) groups is 1. The molecule has 0 spiro atoms. The van der Waals surface area contributed by atoms with Crippen molar-refractivity contribution >= 4 is 29.4 Å². The van der Waals surface area contributed by atoms with E-state index in [4.69, 9.17) is 19.9 Å². The molecular formula is C28H38N8O4. The van der Waals surface area contributed by atoms with Gasteiger partial charge in [0.05, 0.1) is 46.1 Å². The lowest BCUT2D eigenvalue weighted by Crippen LogP contribution is -2.37. The van der Waals surface area contributed by atoms with Crippen molar-refractivity contribution in [3.8, 4) is 0 Å². The smallest absolute Gasteiger partial charge is 0.233 e. The summed E-state index contributed by atoms with van der Waals surface area (Å²) in [6.45, 7) is 6.16. The molecule has 5 N–H and O–H groups in total. The number of benzene rings is 2. The summed E-state index contributed by atoms with van der Waals surface area (Å²) < 4.78 is 16.2. The van der Waals surface area contributed by atoms with Crippen LogP contribution in [0, 0.1) is 0 Å². The van der Waals surface area contributed by atoms with Gasteiger partial charge in [-0.25, -0.2) is 0 Å². The normalized spacial score (nSPS) is 13.2. The minimum absolute atomic E-state index is 0.0644. The molecule has 1 saturated heterocycles. The lowest BCUT2D eigenvalue weighted by atomic mass is 10.1. The number of morpholine rings is 1. The Labute approximate surface area is 234 Å². The van der Waals surface area contributed by atoms with Crippen LogP contribution >= 0.6 is 0 Å². The molecular weight excluding hydrogens is 512 g/mol. The van der Waals surface area contributed by atoms with Crippen molar-refractivity contribution in [3.63, 3.8) is 0 Å². The van der Waals surface area contributed by atoms with E-state index in [1.54, 1.807) is 0 Å². The Bertz CT molecular complexity index is 1160. The molecule has 2 heterocycles. The molecule has 1 aliphatic heterocycles. The first-order valence-corrected chi connectivity index (χ1v) is 13.5. The van der Waals surface area contributed by atoms with Crippen LogP contribution in [-0.2, 0) is 32.0 Å². The van der Waals surface area contributed by atoms with Gasteiger partial charge >= 0.3 is 0 Å². The quantitative estimate of drug-likeness (QED) is 0.193. The standard InChI is InChI=1S/C28H38N8O4/c29-10-14-38-18-19-39-15-11-30-25(37)20-22-6-8-24(9-7-22)32-27-33-26(31-21-23-4-2-1-3-5-23)34-28(35-27)36-12-16-40-17-13-36/h1-9H,10-21,29H2,(H,30,37)(H2,31,32,33,34,35). The summed E-state index contributed by atoms with van der Waals surface area (Å²) in [6, 6.07) is 17.7. The first-order valence-electron chi connectivity index (χ1n) is 13.5. The molecule has 214 valence electrons. The van der Waals surface area contributed by atoms with Crippen LogP contribution in [0.2, 0.25) is 0 Å². The Morgan fingerprint density at radius 2 is 1.60 bits per heavy atom. The van der Waals surface area contributed by atoms with Gasteiger partial charge in [0.25, 0.3) is 0 Å². The summed E-state index contributed by atoms with van der Waals surface area (Å²) in [7, 11) is 0. The Kier molecular flexibility index (Phi) is 11.9. The molecule has 0 saturated carbocycles. The fraction of sp³-hybridized carbons (Fsp3) is 0.429. The second-order valence-corrected chi connectivity index (χ2v) is 9.08. The Morgan fingerprint density at radius 1 is 0.875 bits per heavy atom. The molecule has 1 fully saturated rings. The topological polar surface area (TPSA) is 149 Å². The van der Waals surface area contributed by atoms with Crippen LogP contribution in [0.25, 0.3) is 0 Å². The SMILES string of the molecule is NCCOCCOCCNC(=O)Cc1ccc(Nc2nc(NCc3ccccc3)nc(N3CCOCC3)n2)cc1. The molecule has 0 bridgehead atoms. The zero-order valence-corrected chi connectivity index (χ0v) is 22.7. The zero-order valence-electron chi connectivity index (χ0n) is 22.7. The van der Waals surface area contributed by atoms with Gasteiger partial charge in [-0.1, -0.05) is 42.5 Å². The van der Waals surface area contributed by atoms with E-state index >= 15 is 0 Å². The van der Waals surface area contributed by atoms with Crippen molar-refractivity contribution in [2.75, 3.05) is 81.4 Å². The minimum atomic E-state index is -0.0644. The third-order valence-electron chi connectivity index (χ3n) is 5.99. The number of nitrogens with one attached hydrogen (secondary N) is 3. The monoisotopic (exact) mass is 550 g/mol. The van der Waals surface area contributed by atoms with Gasteiger partial charge in [-0.15, -0.1) is 0 Å². The largest absolute Gasteiger partial charge is 0.378 e. The van der Waals surface area contributed by atoms with Gasteiger partial charge in [0.15, 0.2) is 0 Å². The van der Waals surface area contributed by atoms with Crippen molar-refractivity contribution in [2.24, 2.45) is 5.73 Å². The van der Waals surface area contributed by atoms with E-state index in [1.165, 1.54) is 0 Å². The second-order valence-electron chi connectivity index (χ2n) is 9.08. The van der Waals surface area contributed by atoms with Crippen LogP contribution in [0.3, 0.4) is 0 Å². The predicted octanol–water partition coefficient (Wildman–Crippen LogP) is 1.71. The molecule has 12 nitrogen and oxygen atoms in total. The van der Waals surface area contributed by atoms with Gasteiger partial charge in [0, 0.05) is 38.4 Å². The van der Waals surface area contributed by atoms with Crippen LogP contribution in [0.4, 0.5) is 23.5 Å². The van der Waals surface area contributed by atoms with Crippen molar-refractivity contribution < 1.29 is 19.0 Å². The maximum Gasteiger partial charge on any atom is 0.233 e. The van der Waals surface area contributed by atoms with Gasteiger partial charge < -0.3 is 40.8 Å². The van der Waals surface area contributed by atoms with Crippen LogP contribution in [0.1, 0.15) is 11.1 Å². The first kappa shape index (κ1) is 29.2. The summed E-state index contributed by atoms with van der Waals surface area (Å²) >= 11 is 0. The van der Waals surface area contributed by atoms with Crippen molar-refractivity contribution in [2.45, 2.75) is 13.0 Å². The number of hydrogen-bond donors (Lipinski definition) is 4. The molecule has 2 aromatic carbocycles. The summed E-state index contributed by atoms with van der Waals surface area (Å²) in [4.78, 5) is 28.3. The van der Waals surface area contributed by atoms with Crippen molar-refractivity contribution in [3.05, 3.63) is 65.7 Å². The van der Waals surface area contributed by atoms with Gasteiger partial charge in [0.2, 0.25) is 23.8 Å². The summed E-state index contributed by atoms with van der Waals surface area (Å²) in [5.41, 5.74) is 8.20. The molecule has 0 aliphatic carbocycles. The number of aromatic nitrogens is 3. The van der Waals surface area contributed by atoms with Crippen molar-refractivity contribution in [1.29, 1.82) is 0 Å². The Morgan fingerprint density at radius 3 is 2.35 bits per heavy atom. The summed E-state index contributed by atoms with van der Waals surface area (Å²) in [6.07, 6.45) is 0.278. The van der Waals surface area contributed by atoms with E-state index in [-0.39, 0.29) is 12.3 Å². The second kappa shape index (κ2) is 16.3. The maximum atomic E-state index is 12.3. The maximum absolute atomic E-state index is 12.3. The number of nitrogens with two attached hydrogens (primary N) is 1. The van der Waals surface area contributed by atoms with Gasteiger partial charge in [-0.2, -0.15) is 15.0 Å². The Hall–Kier alpha value is -3.84. The van der Waals surface area contributed by atoms with Crippen LogP contribution < -0.4 is 26.6 Å². The highest BCUT2D eigenvalue weighted by atomic mass is 16.5. The van der Waals surface area contributed by atoms with Crippen LogP contribution in [0.5, 0.6) is 0 Å². The number of rotatable bonds is 16. The molecule has 1 aromatic heterocycles.